The lowest BCUT2D eigenvalue weighted by molar-refractivity contribution is -0.144. The minimum Gasteiger partial charge on any atom is -0.463 e. The molecule has 9 aromatic rings. The fourth-order valence-electron chi connectivity index (χ4n) is 14.4. The molecule has 12 rings (SSSR count). The van der Waals surface area contributed by atoms with Crippen LogP contribution in [0.15, 0.2) is 122 Å². The van der Waals surface area contributed by atoms with Crippen molar-refractivity contribution >= 4 is 87.2 Å². The normalized spacial score (nSPS) is 15.0. The molecule has 6 aromatic carbocycles. The highest BCUT2D eigenvalue weighted by Crippen LogP contribution is 2.53. The lowest BCUT2D eigenvalue weighted by atomic mass is 9.79. The van der Waals surface area contributed by atoms with E-state index in [4.69, 9.17) is 23.0 Å². The van der Waals surface area contributed by atoms with Gasteiger partial charge in [-0.3, -0.25) is 43.7 Å². The van der Waals surface area contributed by atoms with Gasteiger partial charge in [-0.25, -0.2) is 4.98 Å². The Morgan fingerprint density at radius 2 is 1.00 bits per heavy atom. The minimum atomic E-state index is -2.98. The summed E-state index contributed by atoms with van der Waals surface area (Å²) in [5.74, 6) is -1.64. The van der Waals surface area contributed by atoms with Crippen LogP contribution in [-0.4, -0.2) is 115 Å². The van der Waals surface area contributed by atoms with Gasteiger partial charge in [-0.15, -0.1) is 0 Å². The number of ether oxygens (including phenoxy) is 1. The maximum atomic E-state index is 15.4. The Morgan fingerprint density at radius 1 is 0.489 bits per heavy atom. The Balaban J connectivity index is 1.02. The number of fused-ring (bicyclic) bond motifs is 2. The third-order valence-electron chi connectivity index (χ3n) is 18.7. The van der Waals surface area contributed by atoms with Gasteiger partial charge in [0.05, 0.1) is 34.4 Å². The van der Waals surface area contributed by atoms with Crippen LogP contribution in [0.2, 0.25) is 6.04 Å². The van der Waals surface area contributed by atoms with Crippen molar-refractivity contribution in [3.8, 4) is 45.0 Å². The molecule has 6 heterocycles. The number of carbonyl (C=O) groups is 5. The van der Waals surface area contributed by atoms with Crippen molar-refractivity contribution in [2.45, 2.75) is 149 Å². The lowest BCUT2D eigenvalue weighted by Gasteiger charge is -2.34. The summed E-state index contributed by atoms with van der Waals surface area (Å²) in [4.78, 5) is 94.3. The van der Waals surface area contributed by atoms with Gasteiger partial charge in [0.1, 0.15) is 6.61 Å². The third-order valence-corrected chi connectivity index (χ3v) is 21.9. The first-order chi connectivity index (χ1) is 45.0. The molecular formula is C76H84N6O9Si. The van der Waals surface area contributed by atoms with E-state index in [1.165, 1.54) is 9.80 Å². The number of anilines is 1. The standard InChI is InChI=1S/C76H84N6O9Si/c1-6-11-13-15-17-23-41-81-73(84)56-38-36-55-70-65(80-43-25-27-53(80)49-88-66(83)30-26-44-92(89-8-3,90-9-4)91-10-5)48-60-69-57(74(85)82(76(60)87)42-24-18-16-14-12-7-2)37-35-54(72(69)70)67-58(47-59(75(81)86)68(56)71(55)67)51-33-31-50(32-34-51)52-45-63(61-28-19-21-39-77-61)79-64(46-52)62-29-20-22-40-78-62/h19-22,28-29,31-40,45-48,53H,6-18,23-27,30,41-44,49H2,1-5H3. The van der Waals surface area contributed by atoms with Crippen LogP contribution in [0.5, 0.6) is 0 Å². The first-order valence-electron chi connectivity index (χ1n) is 33.8. The number of amides is 4. The summed E-state index contributed by atoms with van der Waals surface area (Å²) in [6, 6.07) is 35.9. The fourth-order valence-corrected chi connectivity index (χ4v) is 17.0. The number of aromatic nitrogens is 3. The zero-order chi connectivity index (χ0) is 63.9. The molecule has 92 heavy (non-hydrogen) atoms. The van der Waals surface area contributed by atoms with E-state index < -0.39 is 8.80 Å². The molecule has 3 aliphatic rings. The predicted molar refractivity (Wildman–Crippen MR) is 366 cm³/mol. The summed E-state index contributed by atoms with van der Waals surface area (Å²) in [7, 11) is -2.98. The molecule has 0 radical (unpaired) electrons. The number of hydrogen-bond acceptors (Lipinski definition) is 13. The summed E-state index contributed by atoms with van der Waals surface area (Å²) < 4.78 is 24.5. The van der Waals surface area contributed by atoms with Crippen LogP contribution in [0.4, 0.5) is 5.69 Å². The summed E-state index contributed by atoms with van der Waals surface area (Å²) in [6.07, 6.45) is 17.7. The molecule has 3 aliphatic heterocycles. The Hall–Kier alpha value is -8.28. The first-order valence-corrected chi connectivity index (χ1v) is 35.7. The number of hydrogen-bond donors (Lipinski definition) is 0. The van der Waals surface area contributed by atoms with E-state index in [1.54, 1.807) is 12.4 Å². The van der Waals surface area contributed by atoms with E-state index in [0.717, 1.165) is 149 Å². The highest BCUT2D eigenvalue weighted by molar-refractivity contribution is 6.60. The van der Waals surface area contributed by atoms with E-state index >= 15 is 19.2 Å². The minimum absolute atomic E-state index is 0.112. The quantitative estimate of drug-likeness (QED) is 0.0100. The Labute approximate surface area is 540 Å². The van der Waals surface area contributed by atoms with Crippen molar-refractivity contribution in [2.24, 2.45) is 0 Å². The maximum absolute atomic E-state index is 15.4. The number of imide groups is 2. The Bertz CT molecular complexity index is 4110. The van der Waals surface area contributed by atoms with Gasteiger partial charge in [-0.05, 0) is 157 Å². The van der Waals surface area contributed by atoms with E-state index in [2.05, 4.69) is 53.0 Å². The smallest absolute Gasteiger partial charge is 0.463 e. The van der Waals surface area contributed by atoms with Crippen LogP contribution >= 0.6 is 0 Å². The number of nitrogens with zero attached hydrogens (tertiary/aromatic N) is 6. The van der Waals surface area contributed by atoms with Crippen LogP contribution in [0.25, 0.3) is 88.1 Å². The van der Waals surface area contributed by atoms with Crippen molar-refractivity contribution in [2.75, 3.05) is 51.0 Å². The van der Waals surface area contributed by atoms with Gasteiger partial charge in [0.2, 0.25) is 0 Å². The Kier molecular flexibility index (Phi) is 19.9. The third kappa shape index (κ3) is 12.6. The van der Waals surface area contributed by atoms with Crippen molar-refractivity contribution in [3.05, 3.63) is 144 Å². The Morgan fingerprint density at radius 3 is 1.54 bits per heavy atom. The van der Waals surface area contributed by atoms with E-state index in [1.807, 2.05) is 106 Å². The maximum Gasteiger partial charge on any atom is 0.500 e. The lowest BCUT2D eigenvalue weighted by Crippen LogP contribution is -2.46. The molecule has 476 valence electrons. The second kappa shape index (κ2) is 28.7. The van der Waals surface area contributed by atoms with Gasteiger partial charge in [0.25, 0.3) is 23.6 Å². The average Bonchev–Trinajstić information content (AvgIpc) is 0.769. The average molecular weight is 1250 g/mol. The SMILES string of the molecule is CCCCCCCCN1C(=O)c2ccc3c4c(N5CCCC5COC(=O)CCC[Si](OCC)(OCC)OCC)cc5c6c(ccc(c7c(-c8ccc(-c9cc(-c%10ccccn%10)nc(-c%10ccccn%10)c9)cc8)cc(c2c37)C1=O)c64)C(=O)N(CCCCCCCC)C5=O. The van der Waals surface area contributed by atoms with Crippen LogP contribution in [0, 0.1) is 0 Å². The van der Waals surface area contributed by atoms with Gasteiger partial charge in [0, 0.05) is 108 Å². The molecule has 1 unspecified atom stereocenters. The number of benzene rings is 6. The molecule has 0 N–H and O–H groups in total. The van der Waals surface area contributed by atoms with E-state index in [9.17, 15) is 4.79 Å². The van der Waals surface area contributed by atoms with Crippen LogP contribution < -0.4 is 4.90 Å². The molecular weight excluding hydrogens is 1170 g/mol. The van der Waals surface area contributed by atoms with Crippen molar-refractivity contribution in [1.29, 1.82) is 0 Å². The van der Waals surface area contributed by atoms with Gasteiger partial charge < -0.3 is 22.9 Å². The highest BCUT2D eigenvalue weighted by atomic mass is 28.4. The van der Waals surface area contributed by atoms with Crippen molar-refractivity contribution in [1.82, 2.24) is 24.8 Å². The van der Waals surface area contributed by atoms with Gasteiger partial charge in [0.15, 0.2) is 0 Å². The molecule has 3 aromatic heterocycles. The molecule has 0 spiro atoms. The van der Waals surface area contributed by atoms with Gasteiger partial charge >= 0.3 is 14.8 Å². The second-order valence-electron chi connectivity index (χ2n) is 24.7. The van der Waals surface area contributed by atoms with Crippen molar-refractivity contribution < 1.29 is 42.0 Å². The monoisotopic (exact) mass is 1250 g/mol. The number of pyridine rings is 3. The van der Waals surface area contributed by atoms with Crippen LogP contribution in [0.1, 0.15) is 179 Å². The highest BCUT2D eigenvalue weighted by Gasteiger charge is 2.42. The molecule has 15 nitrogen and oxygen atoms in total. The topological polar surface area (TPSA) is 171 Å². The first kappa shape index (κ1) is 63.8. The molecule has 0 saturated carbocycles. The van der Waals surface area contributed by atoms with Crippen molar-refractivity contribution in [3.63, 3.8) is 0 Å². The number of carbonyl (C=O) groups excluding carboxylic acids is 5. The number of rotatable bonds is 31. The zero-order valence-electron chi connectivity index (χ0n) is 54.0. The summed E-state index contributed by atoms with van der Waals surface area (Å²) in [6.45, 7) is 12.8. The summed E-state index contributed by atoms with van der Waals surface area (Å²) in [5, 5.41) is 5.90. The molecule has 1 saturated heterocycles. The van der Waals surface area contributed by atoms with Crippen LogP contribution in [-0.2, 0) is 22.8 Å². The summed E-state index contributed by atoms with van der Waals surface area (Å²) in [5.41, 5.74) is 8.88. The molecule has 4 amide bonds. The molecule has 0 bridgehead atoms. The van der Waals surface area contributed by atoms with Gasteiger partial charge in [-0.2, -0.15) is 0 Å². The fraction of sp³-hybridized carbons (Fsp3) is 0.395. The predicted octanol–water partition coefficient (Wildman–Crippen LogP) is 16.8. The van der Waals surface area contributed by atoms with Crippen LogP contribution in [0.3, 0.4) is 0 Å². The summed E-state index contributed by atoms with van der Waals surface area (Å²) >= 11 is 0. The van der Waals surface area contributed by atoms with E-state index in [-0.39, 0.29) is 48.7 Å². The largest absolute Gasteiger partial charge is 0.500 e. The second-order valence-corrected chi connectivity index (χ2v) is 27.4. The molecule has 16 heteroatoms. The zero-order valence-corrected chi connectivity index (χ0v) is 55.0. The molecule has 0 aliphatic carbocycles. The number of esters is 1. The van der Waals surface area contributed by atoms with E-state index in [0.29, 0.717) is 109 Å². The molecule has 1 atom stereocenters. The number of unbranched alkanes of at least 4 members (excludes halogenated alkanes) is 10. The molecule has 1 fully saturated rings. The van der Waals surface area contributed by atoms with Gasteiger partial charge in [-0.1, -0.05) is 127 Å².